The molecule has 0 fully saturated rings. The minimum absolute atomic E-state index is 0.0384. The lowest BCUT2D eigenvalue weighted by atomic mass is 10.1. The number of rotatable bonds is 4. The molecule has 3 N–H and O–H groups in total. The molecule has 0 aliphatic carbocycles. The second kappa shape index (κ2) is 5.21. The highest BCUT2D eigenvalue weighted by molar-refractivity contribution is 7.99. The van der Waals surface area contributed by atoms with Gasteiger partial charge < -0.3 is 10.8 Å². The maximum Gasteiger partial charge on any atom is 0.0963 e. The third kappa shape index (κ3) is 3.34. The van der Waals surface area contributed by atoms with E-state index < -0.39 is 0 Å². The molecule has 0 radical (unpaired) electrons. The monoisotopic (exact) mass is 198 g/mol. The van der Waals surface area contributed by atoms with E-state index in [0.717, 1.165) is 10.6 Å². The zero-order valence-electron chi connectivity index (χ0n) is 7.60. The minimum atomic E-state index is 0.0384. The molecule has 0 bridgehead atoms. The van der Waals surface area contributed by atoms with Crippen molar-refractivity contribution < 1.29 is 5.11 Å². The first-order valence-corrected chi connectivity index (χ1v) is 5.18. The lowest BCUT2D eigenvalue weighted by Gasteiger charge is -2.06. The third-order valence-corrected chi connectivity index (χ3v) is 2.53. The van der Waals surface area contributed by atoms with Crippen molar-refractivity contribution in [3.05, 3.63) is 23.9 Å². The van der Waals surface area contributed by atoms with E-state index in [4.69, 9.17) is 10.8 Å². The summed E-state index contributed by atoms with van der Waals surface area (Å²) in [5, 5.41) is 9.55. The molecule has 4 heteroatoms. The molecule has 1 heterocycles. The van der Waals surface area contributed by atoms with Gasteiger partial charge >= 0.3 is 0 Å². The highest BCUT2D eigenvalue weighted by atomic mass is 32.2. The number of nitrogens with zero attached hydrogens (tertiary/aromatic N) is 1. The lowest BCUT2D eigenvalue weighted by Crippen LogP contribution is -2.05. The molecule has 13 heavy (non-hydrogen) atoms. The smallest absolute Gasteiger partial charge is 0.0963 e. The molecule has 1 rings (SSSR count). The van der Waals surface area contributed by atoms with Gasteiger partial charge in [-0.25, -0.2) is 4.98 Å². The second-order valence-corrected chi connectivity index (χ2v) is 3.90. The molecule has 0 saturated carbocycles. The van der Waals surface area contributed by atoms with Crippen LogP contribution in [0.5, 0.6) is 0 Å². The average Bonchev–Trinajstić information content (AvgIpc) is 2.15. The first-order valence-electron chi connectivity index (χ1n) is 4.19. The number of nitrogens with two attached hydrogens (primary N) is 1. The van der Waals surface area contributed by atoms with E-state index in [9.17, 15) is 0 Å². The highest BCUT2D eigenvalue weighted by Gasteiger charge is 2.01. The van der Waals surface area contributed by atoms with Crippen LogP contribution in [-0.4, -0.2) is 22.5 Å². The van der Waals surface area contributed by atoms with E-state index in [-0.39, 0.29) is 12.6 Å². The molecule has 0 aliphatic heterocycles. The van der Waals surface area contributed by atoms with Crippen LogP contribution in [-0.2, 0) is 0 Å². The molecular formula is C9H14N2OS. The normalized spacial score (nSPS) is 12.8. The molecule has 0 saturated heterocycles. The van der Waals surface area contributed by atoms with Crippen LogP contribution in [0.3, 0.4) is 0 Å². The van der Waals surface area contributed by atoms with Gasteiger partial charge in [-0.1, -0.05) is 0 Å². The lowest BCUT2D eigenvalue weighted by molar-refractivity contribution is 0.322. The predicted molar refractivity (Wildman–Crippen MR) is 54.6 cm³/mol. The quantitative estimate of drug-likeness (QED) is 0.713. The average molecular weight is 198 g/mol. The third-order valence-electron chi connectivity index (χ3n) is 1.63. The Balaban J connectivity index is 2.68. The van der Waals surface area contributed by atoms with Gasteiger partial charge in [0, 0.05) is 18.0 Å². The Morgan fingerprint density at radius 2 is 2.46 bits per heavy atom. The van der Waals surface area contributed by atoms with E-state index in [1.54, 1.807) is 6.20 Å². The Morgan fingerprint density at radius 1 is 1.69 bits per heavy atom. The van der Waals surface area contributed by atoms with Crippen molar-refractivity contribution >= 4 is 11.8 Å². The first kappa shape index (κ1) is 10.5. The van der Waals surface area contributed by atoms with Gasteiger partial charge in [0.15, 0.2) is 0 Å². The van der Waals surface area contributed by atoms with Gasteiger partial charge in [0.2, 0.25) is 0 Å². The number of pyridine rings is 1. The number of aromatic nitrogens is 1. The Bertz CT molecular complexity index is 266. The summed E-state index contributed by atoms with van der Waals surface area (Å²) < 4.78 is 0. The van der Waals surface area contributed by atoms with Crippen LogP contribution in [0.4, 0.5) is 0 Å². The Morgan fingerprint density at radius 3 is 3.08 bits per heavy atom. The maximum absolute atomic E-state index is 8.63. The zero-order chi connectivity index (χ0) is 9.68. The summed E-state index contributed by atoms with van der Waals surface area (Å²) in [6.07, 6.45) is 1.75. The molecule has 3 nitrogen and oxygen atoms in total. The van der Waals surface area contributed by atoms with E-state index >= 15 is 0 Å². The van der Waals surface area contributed by atoms with Gasteiger partial charge in [-0.3, -0.25) is 0 Å². The molecule has 1 atom stereocenters. The summed E-state index contributed by atoms with van der Waals surface area (Å²) in [5.41, 5.74) is 6.80. The van der Waals surface area contributed by atoms with Gasteiger partial charge in [0.1, 0.15) is 0 Å². The standard InChI is InChI=1S/C9H14N2OS/c1-7(10)8-2-3-11-9(6-8)13-5-4-12/h2-3,6-7,12H,4-5,10H2,1H3/t7-/m1/s1. The minimum Gasteiger partial charge on any atom is -0.396 e. The summed E-state index contributed by atoms with van der Waals surface area (Å²) in [6.45, 7) is 2.12. The summed E-state index contributed by atoms with van der Waals surface area (Å²) >= 11 is 1.54. The van der Waals surface area contributed by atoms with Crippen LogP contribution < -0.4 is 5.73 Å². The molecule has 72 valence electrons. The van der Waals surface area contributed by atoms with Crippen molar-refractivity contribution in [3.63, 3.8) is 0 Å². The molecule has 1 aromatic rings. The van der Waals surface area contributed by atoms with Crippen LogP contribution in [0.25, 0.3) is 0 Å². The Hall–Kier alpha value is -0.580. The van der Waals surface area contributed by atoms with Gasteiger partial charge in [-0.05, 0) is 24.6 Å². The molecule has 0 aliphatic rings. The van der Waals surface area contributed by atoms with E-state index in [2.05, 4.69) is 4.98 Å². The zero-order valence-corrected chi connectivity index (χ0v) is 8.42. The van der Waals surface area contributed by atoms with Crippen LogP contribution >= 0.6 is 11.8 Å². The van der Waals surface area contributed by atoms with Crippen molar-refractivity contribution in [1.82, 2.24) is 4.98 Å². The SMILES string of the molecule is C[C@@H](N)c1ccnc(SCCO)c1. The van der Waals surface area contributed by atoms with E-state index in [1.807, 2.05) is 19.1 Å². The Labute approximate surface area is 82.4 Å². The van der Waals surface area contributed by atoms with E-state index in [1.165, 1.54) is 11.8 Å². The molecule has 0 spiro atoms. The van der Waals surface area contributed by atoms with Crippen LogP contribution in [0.15, 0.2) is 23.4 Å². The molecule has 0 amide bonds. The van der Waals surface area contributed by atoms with Gasteiger partial charge in [0.25, 0.3) is 0 Å². The molecule has 0 aromatic carbocycles. The molecular weight excluding hydrogens is 184 g/mol. The highest BCUT2D eigenvalue weighted by Crippen LogP contribution is 2.18. The number of hydrogen-bond acceptors (Lipinski definition) is 4. The van der Waals surface area contributed by atoms with Crippen molar-refractivity contribution in [2.24, 2.45) is 5.73 Å². The first-order chi connectivity index (χ1) is 6.24. The number of aliphatic hydroxyl groups excluding tert-OH is 1. The van der Waals surface area contributed by atoms with Gasteiger partial charge in [-0.15, -0.1) is 11.8 Å². The van der Waals surface area contributed by atoms with Crippen LogP contribution in [0, 0.1) is 0 Å². The van der Waals surface area contributed by atoms with Crippen molar-refractivity contribution in [2.45, 2.75) is 18.0 Å². The fourth-order valence-corrected chi connectivity index (χ4v) is 1.59. The summed E-state index contributed by atoms with van der Waals surface area (Å²) in [7, 11) is 0. The second-order valence-electron chi connectivity index (χ2n) is 2.79. The van der Waals surface area contributed by atoms with Crippen LogP contribution in [0.2, 0.25) is 0 Å². The van der Waals surface area contributed by atoms with Crippen molar-refractivity contribution in [1.29, 1.82) is 0 Å². The largest absolute Gasteiger partial charge is 0.396 e. The topological polar surface area (TPSA) is 59.1 Å². The van der Waals surface area contributed by atoms with Gasteiger partial charge in [0.05, 0.1) is 11.6 Å². The molecule has 0 unspecified atom stereocenters. The number of hydrogen-bond donors (Lipinski definition) is 2. The summed E-state index contributed by atoms with van der Waals surface area (Å²) in [4.78, 5) is 4.16. The summed E-state index contributed by atoms with van der Waals surface area (Å²) in [6, 6.07) is 3.91. The predicted octanol–water partition coefficient (Wildman–Crippen LogP) is 1.19. The van der Waals surface area contributed by atoms with Gasteiger partial charge in [-0.2, -0.15) is 0 Å². The number of aliphatic hydroxyl groups is 1. The van der Waals surface area contributed by atoms with Crippen molar-refractivity contribution in [2.75, 3.05) is 12.4 Å². The summed E-state index contributed by atoms with van der Waals surface area (Å²) in [5.74, 6) is 0.676. The maximum atomic E-state index is 8.63. The van der Waals surface area contributed by atoms with Crippen molar-refractivity contribution in [3.8, 4) is 0 Å². The Kier molecular flexibility index (Phi) is 4.21. The van der Waals surface area contributed by atoms with E-state index in [0.29, 0.717) is 5.75 Å². The number of thioether (sulfide) groups is 1. The fourth-order valence-electron chi connectivity index (χ4n) is 0.937. The molecule has 1 aromatic heterocycles. The van der Waals surface area contributed by atoms with Crippen LogP contribution in [0.1, 0.15) is 18.5 Å². The fraction of sp³-hybridized carbons (Fsp3) is 0.444.